The fourth-order valence-electron chi connectivity index (χ4n) is 3.24. The van der Waals surface area contributed by atoms with E-state index in [4.69, 9.17) is 0 Å². The molecule has 27 heavy (non-hydrogen) atoms. The minimum Gasteiger partial charge on any atom is -0.330 e. The molecule has 1 atom stereocenters. The summed E-state index contributed by atoms with van der Waals surface area (Å²) in [6, 6.07) is 10.5. The van der Waals surface area contributed by atoms with Crippen molar-refractivity contribution in [2.24, 2.45) is 0 Å². The van der Waals surface area contributed by atoms with Crippen LogP contribution in [0.3, 0.4) is 0 Å². The highest BCUT2D eigenvalue weighted by Crippen LogP contribution is 2.26. The molecule has 1 aliphatic heterocycles. The summed E-state index contributed by atoms with van der Waals surface area (Å²) in [5, 5.41) is 12.4. The molecule has 7 nitrogen and oxygen atoms in total. The zero-order valence-electron chi connectivity index (χ0n) is 16.6. The van der Waals surface area contributed by atoms with E-state index in [9.17, 15) is 4.79 Å². The summed E-state index contributed by atoms with van der Waals surface area (Å²) in [4.78, 5) is 16.4. The van der Waals surface area contributed by atoms with Crippen LogP contribution in [0.25, 0.3) is 0 Å². The predicted octanol–water partition coefficient (Wildman–Crippen LogP) is 0.836. The molecule has 0 bridgehead atoms. The summed E-state index contributed by atoms with van der Waals surface area (Å²) in [5.74, 6) is 0.169. The van der Waals surface area contributed by atoms with E-state index in [0.29, 0.717) is 5.16 Å². The number of hydrogen-bond acceptors (Lipinski definition) is 5. The third kappa shape index (κ3) is 5.07. The average molecular weight is 390 g/mol. The van der Waals surface area contributed by atoms with Crippen LogP contribution in [0.2, 0.25) is 0 Å². The Morgan fingerprint density at radius 2 is 1.89 bits per heavy atom. The molecular formula is C19H29N6OS+. The minimum atomic E-state index is -0.207. The Hall–Kier alpha value is -1.93. The van der Waals surface area contributed by atoms with E-state index in [2.05, 4.69) is 60.6 Å². The quantitative estimate of drug-likeness (QED) is 0.768. The summed E-state index contributed by atoms with van der Waals surface area (Å²) in [7, 11) is 0. The first kappa shape index (κ1) is 19.8. The molecule has 0 saturated carbocycles. The van der Waals surface area contributed by atoms with Gasteiger partial charge in [0.25, 0.3) is 0 Å². The van der Waals surface area contributed by atoms with Crippen molar-refractivity contribution in [1.29, 1.82) is 0 Å². The number of amides is 1. The average Bonchev–Trinajstić information content (AvgIpc) is 3.11. The normalized spacial score (nSPS) is 17.1. The number of quaternary nitrogens is 1. The summed E-state index contributed by atoms with van der Waals surface area (Å²) >= 11 is 1.44. The van der Waals surface area contributed by atoms with Gasteiger partial charge in [-0.15, -0.1) is 5.10 Å². The lowest BCUT2D eigenvalue weighted by Gasteiger charge is -2.33. The fraction of sp³-hybridized carbons (Fsp3) is 0.579. The zero-order valence-corrected chi connectivity index (χ0v) is 17.4. The Kier molecular flexibility index (Phi) is 6.16. The Balaban J connectivity index is 1.52. The standard InChI is InChI=1S/C19H28N6OS/c1-15(27-18-20-21-22-25(18)19(2,3)4)17(26)24-12-10-23(11-13-24)14-16-8-6-5-7-9-16/h5-9,15H,10-14H2,1-4H3/p+1/t15-/m0/s1. The van der Waals surface area contributed by atoms with E-state index in [0.717, 1.165) is 32.7 Å². The molecule has 0 radical (unpaired) electrons. The van der Waals surface area contributed by atoms with E-state index in [-0.39, 0.29) is 16.7 Å². The molecule has 1 aliphatic rings. The highest BCUT2D eigenvalue weighted by molar-refractivity contribution is 8.00. The highest BCUT2D eigenvalue weighted by Gasteiger charge is 2.29. The lowest BCUT2D eigenvalue weighted by molar-refractivity contribution is -0.917. The number of tetrazole rings is 1. The molecule has 1 amide bonds. The van der Waals surface area contributed by atoms with Crippen LogP contribution in [0, 0.1) is 0 Å². The molecule has 3 rings (SSSR count). The van der Waals surface area contributed by atoms with Gasteiger partial charge < -0.3 is 9.80 Å². The molecule has 1 fully saturated rings. The summed E-state index contributed by atoms with van der Waals surface area (Å²) in [5.41, 5.74) is 1.14. The van der Waals surface area contributed by atoms with Gasteiger partial charge in [0.1, 0.15) is 6.54 Å². The maximum Gasteiger partial charge on any atom is 0.236 e. The molecule has 0 spiro atoms. The van der Waals surface area contributed by atoms with Crippen LogP contribution >= 0.6 is 11.8 Å². The maximum absolute atomic E-state index is 12.9. The van der Waals surface area contributed by atoms with Gasteiger partial charge in [-0.3, -0.25) is 4.79 Å². The van der Waals surface area contributed by atoms with Gasteiger partial charge in [-0.05, 0) is 38.1 Å². The predicted molar refractivity (Wildman–Crippen MR) is 106 cm³/mol. The number of carbonyl (C=O) groups excluding carboxylic acids is 1. The second kappa shape index (κ2) is 8.39. The largest absolute Gasteiger partial charge is 0.330 e. The van der Waals surface area contributed by atoms with Gasteiger partial charge in [0, 0.05) is 5.56 Å². The third-order valence-electron chi connectivity index (χ3n) is 4.79. The van der Waals surface area contributed by atoms with Crippen molar-refractivity contribution >= 4 is 17.7 Å². The molecule has 8 heteroatoms. The van der Waals surface area contributed by atoms with E-state index < -0.39 is 0 Å². The van der Waals surface area contributed by atoms with Crippen LogP contribution in [0.1, 0.15) is 33.3 Å². The van der Waals surface area contributed by atoms with Crippen LogP contribution in [0.5, 0.6) is 0 Å². The molecule has 1 aromatic heterocycles. The number of carbonyl (C=O) groups is 1. The number of benzene rings is 1. The molecule has 1 aromatic carbocycles. The Morgan fingerprint density at radius 1 is 1.22 bits per heavy atom. The van der Waals surface area contributed by atoms with Crippen LogP contribution in [0.4, 0.5) is 0 Å². The number of rotatable bonds is 5. The number of piperazine rings is 1. The Bertz CT molecular complexity index is 749. The molecule has 2 aromatic rings. The summed E-state index contributed by atoms with van der Waals surface area (Å²) in [6.07, 6.45) is 0. The van der Waals surface area contributed by atoms with Gasteiger partial charge in [-0.1, -0.05) is 42.1 Å². The van der Waals surface area contributed by atoms with E-state index in [1.54, 1.807) is 4.68 Å². The monoisotopic (exact) mass is 389 g/mol. The van der Waals surface area contributed by atoms with Crippen molar-refractivity contribution in [3.8, 4) is 0 Å². The second-order valence-electron chi connectivity index (χ2n) is 8.04. The second-order valence-corrected chi connectivity index (χ2v) is 9.35. The van der Waals surface area contributed by atoms with Gasteiger partial charge in [-0.25, -0.2) is 4.68 Å². The van der Waals surface area contributed by atoms with E-state index in [1.165, 1.54) is 22.2 Å². The molecule has 0 aliphatic carbocycles. The number of nitrogens with zero attached hydrogens (tertiary/aromatic N) is 5. The first-order chi connectivity index (χ1) is 12.8. The molecular weight excluding hydrogens is 360 g/mol. The lowest BCUT2D eigenvalue weighted by Crippen LogP contribution is -3.13. The van der Waals surface area contributed by atoms with Gasteiger partial charge in [0.05, 0.1) is 37.0 Å². The van der Waals surface area contributed by atoms with Crippen molar-refractivity contribution in [2.45, 2.75) is 50.2 Å². The zero-order chi connectivity index (χ0) is 19.4. The van der Waals surface area contributed by atoms with Crippen molar-refractivity contribution in [3.63, 3.8) is 0 Å². The van der Waals surface area contributed by atoms with Crippen molar-refractivity contribution in [1.82, 2.24) is 25.1 Å². The molecule has 0 unspecified atom stereocenters. The van der Waals surface area contributed by atoms with Crippen LogP contribution < -0.4 is 4.90 Å². The first-order valence-corrected chi connectivity index (χ1v) is 10.3. The van der Waals surface area contributed by atoms with Crippen molar-refractivity contribution < 1.29 is 9.69 Å². The lowest BCUT2D eigenvalue weighted by atomic mass is 10.1. The molecule has 146 valence electrons. The third-order valence-corrected chi connectivity index (χ3v) is 5.81. The molecule has 1 saturated heterocycles. The Labute approximate surface area is 165 Å². The van der Waals surface area contributed by atoms with Gasteiger partial charge in [-0.2, -0.15) is 0 Å². The summed E-state index contributed by atoms with van der Waals surface area (Å²) in [6.45, 7) is 12.7. The number of nitrogens with one attached hydrogen (secondary N) is 1. The van der Waals surface area contributed by atoms with Gasteiger partial charge >= 0.3 is 0 Å². The smallest absolute Gasteiger partial charge is 0.236 e. The van der Waals surface area contributed by atoms with Crippen LogP contribution in [-0.2, 0) is 16.9 Å². The minimum absolute atomic E-state index is 0.169. The first-order valence-electron chi connectivity index (χ1n) is 9.46. The maximum atomic E-state index is 12.9. The number of thioether (sulfide) groups is 1. The number of hydrogen-bond donors (Lipinski definition) is 1. The molecule has 2 heterocycles. The highest BCUT2D eigenvalue weighted by atomic mass is 32.2. The van der Waals surface area contributed by atoms with Crippen molar-refractivity contribution in [3.05, 3.63) is 35.9 Å². The molecule has 1 N–H and O–H groups in total. The van der Waals surface area contributed by atoms with Crippen molar-refractivity contribution in [2.75, 3.05) is 26.2 Å². The van der Waals surface area contributed by atoms with E-state index in [1.807, 2.05) is 17.9 Å². The van der Waals surface area contributed by atoms with Crippen LogP contribution in [0.15, 0.2) is 35.5 Å². The Morgan fingerprint density at radius 3 is 2.52 bits per heavy atom. The summed E-state index contributed by atoms with van der Waals surface area (Å²) < 4.78 is 1.78. The number of aromatic nitrogens is 4. The van der Waals surface area contributed by atoms with Gasteiger partial charge in [0.15, 0.2) is 0 Å². The SMILES string of the molecule is C[C@H](Sc1nnnn1C(C)(C)C)C(=O)N1CC[NH+](Cc2ccccc2)CC1. The fourth-order valence-corrected chi connectivity index (χ4v) is 4.30. The van der Waals surface area contributed by atoms with Crippen LogP contribution in [-0.4, -0.2) is 62.4 Å². The van der Waals surface area contributed by atoms with Gasteiger partial charge in [0.2, 0.25) is 11.1 Å². The topological polar surface area (TPSA) is 68.4 Å². The van der Waals surface area contributed by atoms with E-state index >= 15 is 0 Å².